The maximum Gasteiger partial charge on any atom is 0.129 e. The number of ether oxygens (including phenoxy) is 2. The molecule has 4 heteroatoms. The van der Waals surface area contributed by atoms with Crippen molar-refractivity contribution in [3.8, 4) is 5.75 Å². The molecule has 1 aromatic rings. The van der Waals surface area contributed by atoms with Crippen molar-refractivity contribution in [3.63, 3.8) is 0 Å². The number of benzene rings is 1. The highest BCUT2D eigenvalue weighted by atomic mass is 32.1. The summed E-state index contributed by atoms with van der Waals surface area (Å²) in [6.07, 6.45) is 2.29. The predicted octanol–water partition coefficient (Wildman–Crippen LogP) is 3.28. The molecule has 3 nitrogen and oxygen atoms in total. The maximum atomic E-state index is 5.68. The Balaban J connectivity index is 2.50. The van der Waals surface area contributed by atoms with Crippen molar-refractivity contribution in [2.45, 2.75) is 33.3 Å². The molecule has 0 unspecified atom stereocenters. The molecular weight excluding hydrogens is 258 g/mol. The summed E-state index contributed by atoms with van der Waals surface area (Å²) in [6.45, 7) is 5.81. The number of rotatable bonds is 8. The monoisotopic (exact) mass is 281 g/mol. The first-order chi connectivity index (χ1) is 9.04. The molecule has 19 heavy (non-hydrogen) atoms. The van der Waals surface area contributed by atoms with Gasteiger partial charge in [0.2, 0.25) is 0 Å². The molecule has 0 heterocycles. The van der Waals surface area contributed by atoms with Crippen LogP contribution in [0.25, 0.3) is 0 Å². The fourth-order valence-corrected chi connectivity index (χ4v) is 1.98. The van der Waals surface area contributed by atoms with Crippen molar-refractivity contribution in [1.82, 2.24) is 0 Å². The Kier molecular flexibility index (Phi) is 6.81. The van der Waals surface area contributed by atoms with E-state index >= 15 is 0 Å². The minimum atomic E-state index is 0.346. The molecule has 0 bridgehead atoms. The molecule has 0 atom stereocenters. The van der Waals surface area contributed by atoms with E-state index in [1.807, 2.05) is 18.2 Å². The summed E-state index contributed by atoms with van der Waals surface area (Å²) in [5.74, 6) is 1.43. The van der Waals surface area contributed by atoms with Crippen molar-refractivity contribution in [2.24, 2.45) is 11.7 Å². The average molecular weight is 281 g/mol. The summed E-state index contributed by atoms with van der Waals surface area (Å²) in [6, 6.07) is 5.79. The van der Waals surface area contributed by atoms with Crippen LogP contribution in [0.5, 0.6) is 5.75 Å². The number of methoxy groups -OCH3 is 1. The molecule has 0 saturated heterocycles. The molecule has 0 radical (unpaired) electrons. The summed E-state index contributed by atoms with van der Waals surface area (Å²) < 4.78 is 10.9. The van der Waals surface area contributed by atoms with Gasteiger partial charge in [-0.05, 0) is 36.5 Å². The van der Waals surface area contributed by atoms with Crippen LogP contribution in [0.2, 0.25) is 0 Å². The lowest BCUT2D eigenvalue weighted by Crippen LogP contribution is -2.11. The van der Waals surface area contributed by atoms with Gasteiger partial charge in [0.05, 0.1) is 19.3 Å². The molecule has 0 saturated carbocycles. The van der Waals surface area contributed by atoms with Gasteiger partial charge in [0.1, 0.15) is 10.7 Å². The van der Waals surface area contributed by atoms with Crippen LogP contribution in [0, 0.1) is 5.92 Å². The van der Waals surface area contributed by atoms with E-state index in [4.69, 9.17) is 27.4 Å². The van der Waals surface area contributed by atoms with Gasteiger partial charge in [-0.15, -0.1) is 0 Å². The number of hydrogen-bond donors (Lipinski definition) is 1. The second kappa shape index (κ2) is 8.12. The standard InChI is InChI=1S/C15H23NO2S/c1-11(2)5-4-8-18-10-12-6-7-14(17-3)13(9-12)15(16)19/h6-7,9,11H,4-5,8,10H2,1-3H3,(H2,16,19). The summed E-state index contributed by atoms with van der Waals surface area (Å²) in [7, 11) is 1.61. The SMILES string of the molecule is COc1ccc(COCCCC(C)C)cc1C(N)=S. The van der Waals surface area contributed by atoms with Gasteiger partial charge >= 0.3 is 0 Å². The largest absolute Gasteiger partial charge is 0.496 e. The maximum absolute atomic E-state index is 5.68. The zero-order valence-electron chi connectivity index (χ0n) is 11.9. The zero-order valence-corrected chi connectivity index (χ0v) is 12.8. The molecule has 2 N–H and O–H groups in total. The first-order valence-electron chi connectivity index (χ1n) is 6.59. The van der Waals surface area contributed by atoms with Crippen LogP contribution in [0.15, 0.2) is 18.2 Å². The van der Waals surface area contributed by atoms with Gasteiger partial charge in [0, 0.05) is 6.61 Å². The van der Waals surface area contributed by atoms with Crippen LogP contribution in [-0.2, 0) is 11.3 Å². The number of nitrogens with two attached hydrogens (primary N) is 1. The highest BCUT2D eigenvalue weighted by Crippen LogP contribution is 2.20. The highest BCUT2D eigenvalue weighted by Gasteiger charge is 2.07. The van der Waals surface area contributed by atoms with Crippen molar-refractivity contribution in [2.75, 3.05) is 13.7 Å². The molecule has 0 spiro atoms. The first-order valence-corrected chi connectivity index (χ1v) is 7.00. The average Bonchev–Trinajstić information content (AvgIpc) is 2.37. The second-order valence-corrected chi connectivity index (χ2v) is 5.43. The zero-order chi connectivity index (χ0) is 14.3. The smallest absolute Gasteiger partial charge is 0.129 e. The van der Waals surface area contributed by atoms with E-state index in [9.17, 15) is 0 Å². The van der Waals surface area contributed by atoms with Crippen LogP contribution < -0.4 is 10.5 Å². The van der Waals surface area contributed by atoms with Gasteiger partial charge < -0.3 is 15.2 Å². The topological polar surface area (TPSA) is 44.5 Å². The lowest BCUT2D eigenvalue weighted by atomic mass is 10.1. The Morgan fingerprint density at radius 3 is 2.68 bits per heavy atom. The molecule has 106 valence electrons. The van der Waals surface area contributed by atoms with E-state index in [1.54, 1.807) is 7.11 Å². The van der Waals surface area contributed by atoms with Crippen LogP contribution in [0.4, 0.5) is 0 Å². The minimum absolute atomic E-state index is 0.346. The van der Waals surface area contributed by atoms with Gasteiger partial charge in [-0.25, -0.2) is 0 Å². The van der Waals surface area contributed by atoms with Crippen molar-refractivity contribution in [1.29, 1.82) is 0 Å². The van der Waals surface area contributed by atoms with Gasteiger partial charge in [-0.3, -0.25) is 0 Å². The summed E-state index contributed by atoms with van der Waals surface area (Å²) in [4.78, 5) is 0.346. The Morgan fingerprint density at radius 1 is 1.37 bits per heavy atom. The molecule has 1 aromatic carbocycles. The molecule has 0 aliphatic carbocycles. The molecule has 1 rings (SSSR count). The third-order valence-corrected chi connectivity index (χ3v) is 3.09. The van der Waals surface area contributed by atoms with Crippen molar-refractivity contribution >= 4 is 17.2 Å². The summed E-state index contributed by atoms with van der Waals surface area (Å²) in [5.41, 5.74) is 7.51. The summed E-state index contributed by atoms with van der Waals surface area (Å²) >= 11 is 5.02. The third kappa shape index (κ3) is 5.57. The fourth-order valence-electron chi connectivity index (χ4n) is 1.82. The lowest BCUT2D eigenvalue weighted by molar-refractivity contribution is 0.115. The molecule has 0 fully saturated rings. The van der Waals surface area contributed by atoms with Crippen LogP contribution in [-0.4, -0.2) is 18.7 Å². The summed E-state index contributed by atoms with van der Waals surface area (Å²) in [5, 5.41) is 0. The van der Waals surface area contributed by atoms with Gasteiger partial charge in [-0.1, -0.05) is 32.1 Å². The van der Waals surface area contributed by atoms with Crippen molar-refractivity contribution in [3.05, 3.63) is 29.3 Å². The number of thiocarbonyl (C=S) groups is 1. The minimum Gasteiger partial charge on any atom is -0.496 e. The normalized spacial score (nSPS) is 10.7. The van der Waals surface area contributed by atoms with Crippen LogP contribution in [0.1, 0.15) is 37.8 Å². The highest BCUT2D eigenvalue weighted by molar-refractivity contribution is 7.80. The second-order valence-electron chi connectivity index (χ2n) is 4.99. The van der Waals surface area contributed by atoms with E-state index in [0.717, 1.165) is 30.1 Å². The van der Waals surface area contributed by atoms with E-state index in [-0.39, 0.29) is 0 Å². The first kappa shape index (κ1) is 15.9. The lowest BCUT2D eigenvalue weighted by Gasteiger charge is -2.10. The Labute approximate surface area is 121 Å². The molecule has 0 aliphatic rings. The Hall–Kier alpha value is -1.13. The molecule has 0 amide bonds. The van der Waals surface area contributed by atoms with E-state index in [0.29, 0.717) is 17.3 Å². The van der Waals surface area contributed by atoms with Crippen LogP contribution >= 0.6 is 12.2 Å². The van der Waals surface area contributed by atoms with Gasteiger partial charge in [0.25, 0.3) is 0 Å². The van der Waals surface area contributed by atoms with Gasteiger partial charge in [0.15, 0.2) is 0 Å². The Bertz CT molecular complexity index is 419. The van der Waals surface area contributed by atoms with E-state index in [1.165, 1.54) is 6.42 Å². The number of hydrogen-bond acceptors (Lipinski definition) is 3. The molecule has 0 aliphatic heterocycles. The predicted molar refractivity (Wildman–Crippen MR) is 82.6 cm³/mol. The Morgan fingerprint density at radius 2 is 2.11 bits per heavy atom. The van der Waals surface area contributed by atoms with Crippen molar-refractivity contribution < 1.29 is 9.47 Å². The van der Waals surface area contributed by atoms with Gasteiger partial charge in [-0.2, -0.15) is 0 Å². The fraction of sp³-hybridized carbons (Fsp3) is 0.533. The molecular formula is C15H23NO2S. The third-order valence-electron chi connectivity index (χ3n) is 2.87. The van der Waals surface area contributed by atoms with E-state index < -0.39 is 0 Å². The van der Waals surface area contributed by atoms with Crippen LogP contribution in [0.3, 0.4) is 0 Å². The quantitative estimate of drug-likeness (QED) is 0.586. The molecule has 0 aromatic heterocycles. The van der Waals surface area contributed by atoms with E-state index in [2.05, 4.69) is 13.8 Å².